The smallest absolute Gasteiger partial charge is 0.211 e. The molecule has 0 radical (unpaired) electrons. The van der Waals surface area contributed by atoms with Crippen molar-refractivity contribution in [2.24, 2.45) is 0 Å². The van der Waals surface area contributed by atoms with Crippen molar-refractivity contribution in [1.82, 2.24) is 0 Å². The van der Waals surface area contributed by atoms with E-state index in [1.165, 1.54) is 0 Å². The summed E-state index contributed by atoms with van der Waals surface area (Å²) in [7, 11) is 0. The highest BCUT2D eigenvalue weighted by molar-refractivity contribution is 9.11. The number of halogens is 2. The Bertz CT molecular complexity index is 312. The zero-order valence-corrected chi connectivity index (χ0v) is 9.57. The standard InChI is InChI=1S/C8H7Br2NO/c1-5-2-7(10)8(11-4-12)3-6(5)9/h2-4H,1H3,(H,11,12). The fourth-order valence-corrected chi connectivity index (χ4v) is 1.74. The molecule has 0 aliphatic rings. The van der Waals surface area contributed by atoms with Crippen LogP contribution in [0.1, 0.15) is 5.56 Å². The van der Waals surface area contributed by atoms with E-state index in [1.54, 1.807) is 0 Å². The summed E-state index contributed by atoms with van der Waals surface area (Å²) >= 11 is 6.71. The maximum Gasteiger partial charge on any atom is 0.211 e. The van der Waals surface area contributed by atoms with E-state index in [-0.39, 0.29) is 0 Å². The molecule has 0 fully saturated rings. The molecule has 0 aliphatic heterocycles. The molecule has 1 aromatic rings. The summed E-state index contributed by atoms with van der Waals surface area (Å²) in [4.78, 5) is 10.2. The summed E-state index contributed by atoms with van der Waals surface area (Å²) in [5.74, 6) is 0. The van der Waals surface area contributed by atoms with Crippen LogP contribution in [0.5, 0.6) is 0 Å². The van der Waals surface area contributed by atoms with Crippen LogP contribution in [0.4, 0.5) is 5.69 Å². The number of rotatable bonds is 2. The molecule has 0 saturated heterocycles. The number of amides is 1. The van der Waals surface area contributed by atoms with Gasteiger partial charge in [-0.25, -0.2) is 0 Å². The van der Waals surface area contributed by atoms with Crippen molar-refractivity contribution in [2.75, 3.05) is 5.32 Å². The Labute approximate surface area is 87.6 Å². The second-order valence-corrected chi connectivity index (χ2v) is 4.05. The van der Waals surface area contributed by atoms with Gasteiger partial charge in [0, 0.05) is 8.95 Å². The van der Waals surface area contributed by atoms with E-state index < -0.39 is 0 Å². The average Bonchev–Trinajstić information content (AvgIpc) is 2.01. The molecule has 1 N–H and O–H groups in total. The summed E-state index contributed by atoms with van der Waals surface area (Å²) in [5.41, 5.74) is 1.89. The lowest BCUT2D eigenvalue weighted by molar-refractivity contribution is -0.105. The number of carbonyl (C=O) groups excluding carboxylic acids is 1. The van der Waals surface area contributed by atoms with Crippen molar-refractivity contribution in [2.45, 2.75) is 6.92 Å². The number of nitrogens with one attached hydrogen (secondary N) is 1. The van der Waals surface area contributed by atoms with Crippen molar-refractivity contribution in [3.63, 3.8) is 0 Å². The van der Waals surface area contributed by atoms with Crippen molar-refractivity contribution >= 4 is 44.0 Å². The van der Waals surface area contributed by atoms with E-state index in [9.17, 15) is 4.79 Å². The molecule has 2 nitrogen and oxygen atoms in total. The summed E-state index contributed by atoms with van der Waals surface area (Å²) in [6.07, 6.45) is 0.655. The topological polar surface area (TPSA) is 29.1 Å². The lowest BCUT2D eigenvalue weighted by atomic mass is 10.2. The summed E-state index contributed by atoms with van der Waals surface area (Å²) in [6.45, 7) is 1.99. The molecule has 1 rings (SSSR count). The molecule has 0 atom stereocenters. The average molecular weight is 293 g/mol. The van der Waals surface area contributed by atoms with Crippen LogP contribution in [0.25, 0.3) is 0 Å². The molecule has 1 amide bonds. The van der Waals surface area contributed by atoms with Crippen LogP contribution < -0.4 is 5.32 Å². The van der Waals surface area contributed by atoms with Gasteiger partial charge in [-0.2, -0.15) is 0 Å². The van der Waals surface area contributed by atoms with Crippen LogP contribution in [0.15, 0.2) is 21.1 Å². The van der Waals surface area contributed by atoms with Crippen LogP contribution in [0.2, 0.25) is 0 Å². The third-order valence-corrected chi connectivity index (χ3v) is 2.97. The first kappa shape index (κ1) is 9.74. The van der Waals surface area contributed by atoms with Crippen LogP contribution in [0, 0.1) is 6.92 Å². The lowest BCUT2D eigenvalue weighted by Gasteiger charge is -2.05. The third-order valence-electron chi connectivity index (χ3n) is 1.46. The zero-order chi connectivity index (χ0) is 9.14. The van der Waals surface area contributed by atoms with Gasteiger partial charge in [-0.05, 0) is 40.5 Å². The Balaban J connectivity index is 3.13. The SMILES string of the molecule is Cc1cc(Br)c(NC=O)cc1Br. The van der Waals surface area contributed by atoms with Gasteiger partial charge in [0.15, 0.2) is 0 Å². The van der Waals surface area contributed by atoms with Gasteiger partial charge >= 0.3 is 0 Å². The Morgan fingerprint density at radius 3 is 2.58 bits per heavy atom. The Hall–Kier alpha value is -0.350. The minimum absolute atomic E-state index is 0.655. The molecule has 0 unspecified atom stereocenters. The second-order valence-electron chi connectivity index (χ2n) is 2.34. The number of carbonyl (C=O) groups is 1. The molecule has 4 heteroatoms. The van der Waals surface area contributed by atoms with Crippen molar-refractivity contribution < 1.29 is 4.79 Å². The maximum atomic E-state index is 10.2. The number of aryl methyl sites for hydroxylation is 1. The number of hydrogen-bond acceptors (Lipinski definition) is 1. The van der Waals surface area contributed by atoms with Crippen molar-refractivity contribution in [3.8, 4) is 0 Å². The van der Waals surface area contributed by atoms with E-state index in [0.717, 1.165) is 20.2 Å². The molecular weight excluding hydrogens is 286 g/mol. The fourth-order valence-electron chi connectivity index (χ4n) is 0.820. The highest BCUT2D eigenvalue weighted by atomic mass is 79.9. The van der Waals surface area contributed by atoms with Crippen LogP contribution >= 0.6 is 31.9 Å². The maximum absolute atomic E-state index is 10.2. The van der Waals surface area contributed by atoms with Gasteiger partial charge in [-0.15, -0.1) is 0 Å². The molecule has 0 aliphatic carbocycles. The van der Waals surface area contributed by atoms with E-state index >= 15 is 0 Å². The van der Waals surface area contributed by atoms with Gasteiger partial charge in [0.2, 0.25) is 6.41 Å². The fraction of sp³-hybridized carbons (Fsp3) is 0.125. The van der Waals surface area contributed by atoms with Crippen LogP contribution in [-0.4, -0.2) is 6.41 Å². The number of hydrogen-bond donors (Lipinski definition) is 1. The van der Waals surface area contributed by atoms with E-state index in [4.69, 9.17) is 0 Å². The molecule has 0 heterocycles. The summed E-state index contributed by atoms with van der Waals surface area (Å²) in [5, 5.41) is 2.59. The second kappa shape index (κ2) is 4.05. The quantitative estimate of drug-likeness (QED) is 0.834. The molecule has 0 saturated carbocycles. The zero-order valence-electron chi connectivity index (χ0n) is 6.40. The van der Waals surface area contributed by atoms with Gasteiger partial charge in [-0.1, -0.05) is 15.9 Å². The van der Waals surface area contributed by atoms with Crippen molar-refractivity contribution in [3.05, 3.63) is 26.6 Å². The Morgan fingerprint density at radius 2 is 2.00 bits per heavy atom. The Morgan fingerprint density at radius 1 is 1.33 bits per heavy atom. The predicted molar refractivity (Wildman–Crippen MR) is 56.3 cm³/mol. The highest BCUT2D eigenvalue weighted by Gasteiger charge is 2.02. The summed E-state index contributed by atoms with van der Waals surface area (Å²) < 4.78 is 1.87. The Kier molecular flexibility index (Phi) is 3.29. The lowest BCUT2D eigenvalue weighted by Crippen LogP contribution is -1.95. The first-order valence-electron chi connectivity index (χ1n) is 3.31. The van der Waals surface area contributed by atoms with Gasteiger partial charge in [0.1, 0.15) is 0 Å². The van der Waals surface area contributed by atoms with Gasteiger partial charge < -0.3 is 5.32 Å². The minimum Gasteiger partial charge on any atom is -0.328 e. The van der Waals surface area contributed by atoms with E-state index in [2.05, 4.69) is 37.2 Å². The van der Waals surface area contributed by atoms with Crippen LogP contribution in [0.3, 0.4) is 0 Å². The van der Waals surface area contributed by atoms with Crippen molar-refractivity contribution in [1.29, 1.82) is 0 Å². The number of benzene rings is 1. The van der Waals surface area contributed by atoms with Crippen LogP contribution in [-0.2, 0) is 4.79 Å². The van der Waals surface area contributed by atoms with E-state index in [1.807, 2.05) is 19.1 Å². The highest BCUT2D eigenvalue weighted by Crippen LogP contribution is 2.28. The van der Waals surface area contributed by atoms with Gasteiger partial charge in [0.25, 0.3) is 0 Å². The summed E-state index contributed by atoms with van der Waals surface area (Å²) in [6, 6.07) is 3.80. The van der Waals surface area contributed by atoms with Gasteiger partial charge in [-0.3, -0.25) is 4.79 Å². The molecule has 0 bridgehead atoms. The molecule has 64 valence electrons. The first-order valence-corrected chi connectivity index (χ1v) is 4.89. The third kappa shape index (κ3) is 2.08. The van der Waals surface area contributed by atoms with E-state index in [0.29, 0.717) is 6.41 Å². The first-order chi connectivity index (χ1) is 5.65. The molecule has 1 aromatic carbocycles. The predicted octanol–water partition coefficient (Wildman–Crippen LogP) is 3.09. The van der Waals surface area contributed by atoms with Gasteiger partial charge in [0.05, 0.1) is 5.69 Å². The minimum atomic E-state index is 0.655. The molecule has 12 heavy (non-hydrogen) atoms. The molecule has 0 aromatic heterocycles. The normalized spacial score (nSPS) is 9.58. The number of anilines is 1. The molecule has 0 spiro atoms. The monoisotopic (exact) mass is 291 g/mol. The largest absolute Gasteiger partial charge is 0.328 e. The molecular formula is C8H7Br2NO.